The largest absolute Gasteiger partial charge is 0.355 e. The van der Waals surface area contributed by atoms with Crippen molar-refractivity contribution in [3.63, 3.8) is 0 Å². The predicted octanol–water partition coefficient (Wildman–Crippen LogP) is 2.11. The first kappa shape index (κ1) is 19.9. The van der Waals surface area contributed by atoms with Gasteiger partial charge in [-0.25, -0.2) is 0 Å². The maximum absolute atomic E-state index is 12.5. The molecule has 1 aliphatic heterocycles. The zero-order chi connectivity index (χ0) is 16.0. The lowest BCUT2D eigenvalue weighted by Gasteiger charge is -2.28. The van der Waals surface area contributed by atoms with Crippen molar-refractivity contribution in [3.05, 3.63) is 35.4 Å². The third-order valence-corrected chi connectivity index (χ3v) is 4.49. The lowest BCUT2D eigenvalue weighted by atomic mass is 9.83. The number of benzene rings is 1. The van der Waals surface area contributed by atoms with Gasteiger partial charge in [-0.2, -0.15) is 0 Å². The first-order valence-corrected chi connectivity index (χ1v) is 8.28. The molecule has 0 radical (unpaired) electrons. The minimum absolute atomic E-state index is 0. The molecule has 2 N–H and O–H groups in total. The molecular formula is C18H30ClN3O. The molecule has 5 heteroatoms. The molecule has 1 fully saturated rings. The highest BCUT2D eigenvalue weighted by molar-refractivity contribution is 5.87. The van der Waals surface area contributed by atoms with Gasteiger partial charge in [0, 0.05) is 32.7 Å². The van der Waals surface area contributed by atoms with Crippen LogP contribution in [0.4, 0.5) is 0 Å². The number of rotatable bonds is 6. The van der Waals surface area contributed by atoms with E-state index in [4.69, 9.17) is 0 Å². The van der Waals surface area contributed by atoms with E-state index >= 15 is 0 Å². The third-order valence-electron chi connectivity index (χ3n) is 4.49. The van der Waals surface area contributed by atoms with E-state index < -0.39 is 5.41 Å². The van der Waals surface area contributed by atoms with Crippen molar-refractivity contribution in [2.24, 2.45) is 0 Å². The van der Waals surface area contributed by atoms with Gasteiger partial charge >= 0.3 is 0 Å². The summed E-state index contributed by atoms with van der Waals surface area (Å²) >= 11 is 0. The number of nitrogens with one attached hydrogen (secondary N) is 2. The summed E-state index contributed by atoms with van der Waals surface area (Å²) in [5.41, 5.74) is 1.80. The fourth-order valence-corrected chi connectivity index (χ4v) is 2.76. The summed E-state index contributed by atoms with van der Waals surface area (Å²) in [6.45, 7) is 12.2. The highest BCUT2D eigenvalue weighted by atomic mass is 35.5. The summed E-state index contributed by atoms with van der Waals surface area (Å²) in [4.78, 5) is 14.9. The van der Waals surface area contributed by atoms with Gasteiger partial charge in [0.15, 0.2) is 0 Å². The van der Waals surface area contributed by atoms with Crippen molar-refractivity contribution in [2.45, 2.75) is 32.6 Å². The molecular weight excluding hydrogens is 310 g/mol. The topological polar surface area (TPSA) is 44.4 Å². The summed E-state index contributed by atoms with van der Waals surface area (Å²) in [6.07, 6.45) is 1.01. The highest BCUT2D eigenvalue weighted by Gasteiger charge is 2.29. The van der Waals surface area contributed by atoms with Crippen LogP contribution in [-0.4, -0.2) is 50.1 Å². The molecule has 1 aromatic rings. The zero-order valence-corrected chi connectivity index (χ0v) is 15.3. The monoisotopic (exact) mass is 339 g/mol. The Morgan fingerprint density at radius 2 is 1.83 bits per heavy atom. The van der Waals surface area contributed by atoms with Crippen LogP contribution < -0.4 is 10.6 Å². The van der Waals surface area contributed by atoms with Crippen LogP contribution in [-0.2, 0) is 10.2 Å². The Hall–Kier alpha value is -1.10. The summed E-state index contributed by atoms with van der Waals surface area (Å²) in [5.74, 6) is 0.108. The van der Waals surface area contributed by atoms with Gasteiger partial charge in [-0.1, -0.05) is 29.8 Å². The summed E-state index contributed by atoms with van der Waals surface area (Å²) in [7, 11) is 0. The van der Waals surface area contributed by atoms with Gasteiger partial charge < -0.3 is 15.5 Å². The van der Waals surface area contributed by atoms with E-state index in [0.717, 1.165) is 51.3 Å². The quantitative estimate of drug-likeness (QED) is 0.780. The van der Waals surface area contributed by atoms with Gasteiger partial charge in [-0.15, -0.1) is 12.4 Å². The van der Waals surface area contributed by atoms with Crippen molar-refractivity contribution >= 4 is 18.3 Å². The van der Waals surface area contributed by atoms with Crippen LogP contribution >= 0.6 is 12.4 Å². The zero-order valence-electron chi connectivity index (χ0n) is 14.5. The smallest absolute Gasteiger partial charge is 0.230 e. The third kappa shape index (κ3) is 5.79. The molecule has 4 nitrogen and oxygen atoms in total. The fourth-order valence-electron chi connectivity index (χ4n) is 2.76. The number of hydrogen-bond acceptors (Lipinski definition) is 3. The van der Waals surface area contributed by atoms with Crippen LogP contribution in [0.25, 0.3) is 0 Å². The minimum atomic E-state index is -0.483. The molecule has 130 valence electrons. The Morgan fingerprint density at radius 3 is 2.43 bits per heavy atom. The normalized spacial score (nSPS) is 15.8. The average Bonchev–Trinajstić information content (AvgIpc) is 2.52. The number of carbonyl (C=O) groups excluding carboxylic acids is 1. The molecule has 23 heavy (non-hydrogen) atoms. The lowest BCUT2D eigenvalue weighted by Crippen LogP contribution is -2.45. The second-order valence-electron chi connectivity index (χ2n) is 6.69. The Bertz CT molecular complexity index is 482. The molecule has 2 rings (SSSR count). The van der Waals surface area contributed by atoms with Crippen molar-refractivity contribution in [1.29, 1.82) is 0 Å². The second-order valence-corrected chi connectivity index (χ2v) is 6.69. The van der Waals surface area contributed by atoms with Crippen molar-refractivity contribution in [3.8, 4) is 0 Å². The van der Waals surface area contributed by atoms with E-state index in [2.05, 4.69) is 46.7 Å². The van der Waals surface area contributed by atoms with E-state index in [1.807, 2.05) is 13.8 Å². The van der Waals surface area contributed by atoms with Crippen LogP contribution in [0.3, 0.4) is 0 Å². The number of aryl methyl sites for hydroxylation is 1. The summed E-state index contributed by atoms with van der Waals surface area (Å²) < 4.78 is 0. The van der Waals surface area contributed by atoms with E-state index in [-0.39, 0.29) is 18.3 Å². The number of carbonyl (C=O) groups is 1. The Balaban J connectivity index is 0.00000264. The highest BCUT2D eigenvalue weighted by Crippen LogP contribution is 2.23. The molecule has 0 spiro atoms. The van der Waals surface area contributed by atoms with Crippen LogP contribution in [0, 0.1) is 6.92 Å². The van der Waals surface area contributed by atoms with Gasteiger partial charge in [-0.05, 0) is 39.3 Å². The molecule has 0 unspecified atom stereocenters. The van der Waals surface area contributed by atoms with Crippen LogP contribution in [0.1, 0.15) is 31.4 Å². The van der Waals surface area contributed by atoms with Crippen LogP contribution in [0.5, 0.6) is 0 Å². The molecule has 0 atom stereocenters. The van der Waals surface area contributed by atoms with E-state index in [1.165, 1.54) is 5.56 Å². The molecule has 1 amide bonds. The number of halogens is 1. The predicted molar refractivity (Wildman–Crippen MR) is 98.4 cm³/mol. The molecule has 0 aromatic heterocycles. The molecule has 0 bridgehead atoms. The lowest BCUT2D eigenvalue weighted by molar-refractivity contribution is -0.125. The van der Waals surface area contributed by atoms with Gasteiger partial charge in [0.05, 0.1) is 5.41 Å². The first-order chi connectivity index (χ1) is 10.5. The standard InChI is InChI=1S/C18H29N3O.ClH/c1-15-5-7-16(8-6-15)18(2,3)17(22)20-9-4-12-21-13-10-19-11-14-21;/h5-8,19H,4,9-14H2,1-3H3,(H,20,22);1H. The van der Waals surface area contributed by atoms with Crippen molar-refractivity contribution in [2.75, 3.05) is 39.3 Å². The van der Waals surface area contributed by atoms with Gasteiger partial charge in [0.25, 0.3) is 0 Å². The molecule has 1 aliphatic rings. The molecule has 1 heterocycles. The summed E-state index contributed by atoms with van der Waals surface area (Å²) in [6, 6.07) is 8.23. The minimum Gasteiger partial charge on any atom is -0.355 e. The SMILES string of the molecule is Cc1ccc(C(C)(C)C(=O)NCCCN2CCNCC2)cc1.Cl. The fraction of sp³-hybridized carbons (Fsp3) is 0.611. The van der Waals surface area contributed by atoms with Crippen LogP contribution in [0.15, 0.2) is 24.3 Å². The van der Waals surface area contributed by atoms with Gasteiger partial charge in [0.2, 0.25) is 5.91 Å². The maximum Gasteiger partial charge on any atom is 0.230 e. The Labute approximate surface area is 146 Å². The van der Waals surface area contributed by atoms with E-state index in [9.17, 15) is 4.79 Å². The van der Waals surface area contributed by atoms with E-state index in [0.29, 0.717) is 0 Å². The second kappa shape index (κ2) is 9.26. The number of hydrogen-bond donors (Lipinski definition) is 2. The number of nitrogens with zero attached hydrogens (tertiary/aromatic N) is 1. The maximum atomic E-state index is 12.5. The first-order valence-electron chi connectivity index (χ1n) is 8.28. The molecule has 0 aliphatic carbocycles. The van der Waals surface area contributed by atoms with Gasteiger partial charge in [0.1, 0.15) is 0 Å². The molecule has 0 saturated carbocycles. The van der Waals surface area contributed by atoms with Crippen molar-refractivity contribution < 1.29 is 4.79 Å². The van der Waals surface area contributed by atoms with E-state index in [1.54, 1.807) is 0 Å². The number of piperazine rings is 1. The Kier molecular flexibility index (Phi) is 8.03. The summed E-state index contributed by atoms with van der Waals surface area (Å²) in [5, 5.41) is 6.45. The molecule has 1 saturated heterocycles. The van der Waals surface area contributed by atoms with Gasteiger partial charge in [-0.3, -0.25) is 4.79 Å². The Morgan fingerprint density at radius 1 is 1.22 bits per heavy atom. The van der Waals surface area contributed by atoms with Crippen LogP contribution in [0.2, 0.25) is 0 Å². The average molecular weight is 340 g/mol. The van der Waals surface area contributed by atoms with Crippen molar-refractivity contribution in [1.82, 2.24) is 15.5 Å². The molecule has 1 aromatic carbocycles. The number of amides is 1.